The van der Waals surface area contributed by atoms with Gasteiger partial charge in [0, 0.05) is 22.6 Å². The van der Waals surface area contributed by atoms with E-state index in [1.54, 1.807) is 0 Å². The van der Waals surface area contributed by atoms with Crippen molar-refractivity contribution in [2.75, 3.05) is 0 Å². The van der Waals surface area contributed by atoms with Gasteiger partial charge in [0.05, 0.1) is 0 Å². The van der Waals surface area contributed by atoms with Crippen LogP contribution in [-0.2, 0) is 4.79 Å². The standard InChI is InChI=1S/C25H36O2/c1-10-16-13-18(23(27)19(14-16)24(4,5)6)20-17(11-2)12-15(3)22(26)21(20)25(7,8)9/h12-14,17,26H,10-11H2,1-9H3. The first-order valence-corrected chi connectivity index (χ1v) is 10.2. The SMILES string of the molecule is CCC1=CC(=C2C(C(C)(C)C)=C(O)C(C)=CC2CC)C(=O)C(C(C)(C)C)=C1. The number of hydrogen-bond acceptors (Lipinski definition) is 2. The van der Waals surface area contributed by atoms with Gasteiger partial charge in [-0.15, -0.1) is 0 Å². The first kappa shape index (κ1) is 21.5. The van der Waals surface area contributed by atoms with Gasteiger partial charge in [0.15, 0.2) is 5.78 Å². The van der Waals surface area contributed by atoms with E-state index in [9.17, 15) is 9.90 Å². The fourth-order valence-corrected chi connectivity index (χ4v) is 4.04. The summed E-state index contributed by atoms with van der Waals surface area (Å²) < 4.78 is 0. The van der Waals surface area contributed by atoms with Crippen molar-refractivity contribution in [3.8, 4) is 0 Å². The Morgan fingerprint density at radius 1 is 1.00 bits per heavy atom. The van der Waals surface area contributed by atoms with Gasteiger partial charge < -0.3 is 5.11 Å². The van der Waals surface area contributed by atoms with E-state index in [2.05, 4.69) is 73.6 Å². The molecule has 2 heteroatoms. The second kappa shape index (κ2) is 7.30. The quantitative estimate of drug-likeness (QED) is 0.532. The van der Waals surface area contributed by atoms with E-state index in [4.69, 9.17) is 0 Å². The summed E-state index contributed by atoms with van der Waals surface area (Å²) in [5, 5.41) is 11.0. The number of hydrogen-bond donors (Lipinski definition) is 1. The van der Waals surface area contributed by atoms with E-state index in [0.29, 0.717) is 5.76 Å². The van der Waals surface area contributed by atoms with Crippen LogP contribution in [0.25, 0.3) is 0 Å². The van der Waals surface area contributed by atoms with E-state index in [-0.39, 0.29) is 22.5 Å². The van der Waals surface area contributed by atoms with E-state index in [1.165, 1.54) is 5.57 Å². The van der Waals surface area contributed by atoms with Crippen LogP contribution in [-0.4, -0.2) is 10.9 Å². The number of aliphatic hydroxyl groups excluding tert-OH is 1. The van der Waals surface area contributed by atoms with Gasteiger partial charge in [-0.25, -0.2) is 0 Å². The number of Topliss-reactive ketones (excluding diaryl/α,β-unsaturated/α-hetero) is 1. The molecule has 0 saturated heterocycles. The van der Waals surface area contributed by atoms with Crippen molar-refractivity contribution >= 4 is 5.78 Å². The molecule has 2 aliphatic carbocycles. The highest BCUT2D eigenvalue weighted by atomic mass is 16.3. The van der Waals surface area contributed by atoms with Gasteiger partial charge in [0.2, 0.25) is 0 Å². The summed E-state index contributed by atoms with van der Waals surface area (Å²) in [4.78, 5) is 13.6. The Labute approximate surface area is 165 Å². The molecule has 0 amide bonds. The first-order valence-electron chi connectivity index (χ1n) is 10.2. The Bertz CT molecular complexity index is 796. The van der Waals surface area contributed by atoms with Gasteiger partial charge in [-0.3, -0.25) is 4.79 Å². The van der Waals surface area contributed by atoms with Gasteiger partial charge in [0.25, 0.3) is 0 Å². The van der Waals surface area contributed by atoms with Crippen molar-refractivity contribution in [2.45, 2.75) is 75.2 Å². The third kappa shape index (κ3) is 4.05. The van der Waals surface area contributed by atoms with Crippen LogP contribution in [0.2, 0.25) is 0 Å². The summed E-state index contributed by atoms with van der Waals surface area (Å²) in [7, 11) is 0. The topological polar surface area (TPSA) is 37.3 Å². The van der Waals surface area contributed by atoms with Crippen LogP contribution >= 0.6 is 0 Å². The molecule has 1 unspecified atom stereocenters. The highest BCUT2D eigenvalue weighted by molar-refractivity contribution is 6.13. The lowest BCUT2D eigenvalue weighted by Gasteiger charge is -2.36. The molecule has 0 heterocycles. The Balaban J connectivity index is 2.87. The number of carbonyl (C=O) groups excluding carboxylic acids is 1. The molecule has 0 saturated carbocycles. The zero-order valence-electron chi connectivity index (χ0n) is 18.6. The number of aliphatic hydroxyl groups is 1. The van der Waals surface area contributed by atoms with Crippen LogP contribution in [0.15, 0.2) is 57.4 Å². The molecule has 0 aromatic carbocycles. The number of ketones is 1. The normalized spacial score (nSPS) is 24.7. The van der Waals surface area contributed by atoms with Gasteiger partial charge in [-0.1, -0.05) is 67.5 Å². The monoisotopic (exact) mass is 368 g/mol. The average Bonchev–Trinajstić information content (AvgIpc) is 2.54. The molecule has 148 valence electrons. The molecule has 1 N–H and O–H groups in total. The maximum Gasteiger partial charge on any atom is 0.189 e. The van der Waals surface area contributed by atoms with Crippen LogP contribution in [0.3, 0.4) is 0 Å². The van der Waals surface area contributed by atoms with E-state index in [1.807, 2.05) is 6.92 Å². The molecule has 0 aromatic rings. The van der Waals surface area contributed by atoms with Crippen LogP contribution in [0.4, 0.5) is 0 Å². The smallest absolute Gasteiger partial charge is 0.189 e. The molecule has 2 nitrogen and oxygen atoms in total. The highest BCUT2D eigenvalue weighted by Gasteiger charge is 2.37. The molecular formula is C25H36O2. The van der Waals surface area contributed by atoms with Crippen molar-refractivity contribution in [3.05, 3.63) is 57.4 Å². The minimum absolute atomic E-state index is 0.107. The summed E-state index contributed by atoms with van der Waals surface area (Å²) in [6.45, 7) is 18.9. The van der Waals surface area contributed by atoms with Gasteiger partial charge >= 0.3 is 0 Å². The summed E-state index contributed by atoms with van der Waals surface area (Å²) in [6.07, 6.45) is 8.03. The van der Waals surface area contributed by atoms with E-state index >= 15 is 0 Å². The lowest BCUT2D eigenvalue weighted by atomic mass is 9.68. The number of rotatable bonds is 2. The predicted octanol–water partition coefficient (Wildman–Crippen LogP) is 7.02. The van der Waals surface area contributed by atoms with Crippen molar-refractivity contribution < 1.29 is 9.90 Å². The molecule has 0 aromatic heterocycles. The third-order valence-electron chi connectivity index (χ3n) is 5.55. The van der Waals surface area contributed by atoms with Crippen LogP contribution in [0, 0.1) is 16.7 Å². The van der Waals surface area contributed by atoms with Crippen LogP contribution in [0.5, 0.6) is 0 Å². The Morgan fingerprint density at radius 2 is 1.59 bits per heavy atom. The predicted molar refractivity (Wildman–Crippen MR) is 115 cm³/mol. The highest BCUT2D eigenvalue weighted by Crippen LogP contribution is 2.47. The molecule has 0 spiro atoms. The van der Waals surface area contributed by atoms with Gasteiger partial charge in [-0.05, 0) is 53.4 Å². The van der Waals surface area contributed by atoms with Crippen molar-refractivity contribution in [1.82, 2.24) is 0 Å². The molecule has 2 aliphatic rings. The van der Waals surface area contributed by atoms with Gasteiger partial charge in [0.1, 0.15) is 5.76 Å². The van der Waals surface area contributed by atoms with Gasteiger partial charge in [-0.2, -0.15) is 0 Å². The lowest BCUT2D eigenvalue weighted by molar-refractivity contribution is -0.113. The van der Waals surface area contributed by atoms with E-state index in [0.717, 1.165) is 40.7 Å². The zero-order chi connectivity index (χ0) is 20.7. The number of carbonyl (C=O) groups is 1. The molecule has 0 bridgehead atoms. The van der Waals surface area contributed by atoms with Crippen LogP contribution < -0.4 is 0 Å². The molecule has 0 radical (unpaired) electrons. The maximum absolute atomic E-state index is 13.6. The summed E-state index contributed by atoms with van der Waals surface area (Å²) in [6, 6.07) is 0. The fourth-order valence-electron chi connectivity index (χ4n) is 4.04. The minimum atomic E-state index is -0.251. The average molecular weight is 369 g/mol. The summed E-state index contributed by atoms with van der Waals surface area (Å²) in [5.41, 5.74) is 5.18. The second-order valence-electron chi connectivity index (χ2n) is 9.88. The fraction of sp³-hybridized carbons (Fsp3) is 0.560. The molecule has 1 atom stereocenters. The molecule has 2 rings (SSSR count). The van der Waals surface area contributed by atoms with Crippen molar-refractivity contribution in [3.63, 3.8) is 0 Å². The van der Waals surface area contributed by atoms with Crippen LogP contribution in [0.1, 0.15) is 75.2 Å². The first-order chi connectivity index (χ1) is 12.3. The third-order valence-corrected chi connectivity index (χ3v) is 5.55. The molecule has 0 fully saturated rings. The summed E-state index contributed by atoms with van der Waals surface area (Å²) >= 11 is 0. The maximum atomic E-state index is 13.6. The number of allylic oxidation sites excluding steroid dienone is 9. The van der Waals surface area contributed by atoms with E-state index < -0.39 is 0 Å². The summed E-state index contributed by atoms with van der Waals surface area (Å²) in [5.74, 6) is 0.583. The van der Waals surface area contributed by atoms with Crippen molar-refractivity contribution in [2.24, 2.45) is 16.7 Å². The molecule has 27 heavy (non-hydrogen) atoms. The molecule has 0 aliphatic heterocycles. The lowest BCUT2D eigenvalue weighted by Crippen LogP contribution is -2.28. The minimum Gasteiger partial charge on any atom is -0.507 e. The molecular weight excluding hydrogens is 332 g/mol. The van der Waals surface area contributed by atoms with Crippen molar-refractivity contribution in [1.29, 1.82) is 0 Å². The zero-order valence-corrected chi connectivity index (χ0v) is 18.6. The second-order valence-corrected chi connectivity index (χ2v) is 9.88. The Hall–Kier alpha value is -1.83. The largest absolute Gasteiger partial charge is 0.507 e. The Morgan fingerprint density at radius 3 is 2.04 bits per heavy atom. The Kier molecular flexibility index (Phi) is 5.80.